The van der Waals surface area contributed by atoms with Crippen LogP contribution >= 0.6 is 0 Å². The van der Waals surface area contributed by atoms with Crippen LogP contribution in [0.1, 0.15) is 59.3 Å². The quantitative estimate of drug-likeness (QED) is 0.722. The van der Waals surface area contributed by atoms with Gasteiger partial charge in [-0.05, 0) is 51.4 Å². The van der Waals surface area contributed by atoms with Crippen molar-refractivity contribution < 1.29 is 4.79 Å². The molecule has 3 heterocycles. The Kier molecular flexibility index (Phi) is 5.85. The molecular weight excluding hydrogens is 364 g/mol. The fraction of sp³-hybridized carbons (Fsp3) is 0.455. The van der Waals surface area contributed by atoms with E-state index in [1.807, 2.05) is 26.0 Å². The predicted molar refractivity (Wildman–Crippen MR) is 112 cm³/mol. The molecule has 1 aromatic carbocycles. The van der Waals surface area contributed by atoms with Crippen molar-refractivity contribution in [2.24, 2.45) is 0 Å². The molecule has 0 spiro atoms. The molecule has 1 fully saturated rings. The van der Waals surface area contributed by atoms with Crippen molar-refractivity contribution in [2.45, 2.75) is 45.6 Å². The van der Waals surface area contributed by atoms with E-state index < -0.39 is 0 Å². The minimum Gasteiger partial charge on any atom is -0.347 e. The molecule has 29 heavy (non-hydrogen) atoms. The van der Waals surface area contributed by atoms with E-state index in [1.54, 1.807) is 4.40 Å². The van der Waals surface area contributed by atoms with Crippen molar-refractivity contribution in [2.75, 3.05) is 19.6 Å². The van der Waals surface area contributed by atoms with Gasteiger partial charge in [-0.25, -0.2) is 4.98 Å². The zero-order valence-electron chi connectivity index (χ0n) is 17.1. The van der Waals surface area contributed by atoms with Crippen LogP contribution in [0.4, 0.5) is 0 Å². The summed E-state index contributed by atoms with van der Waals surface area (Å²) < 4.78 is 1.71. The normalized spacial score (nSPS) is 16.5. The number of fused-ring (bicyclic) bond motifs is 1. The number of nitrogens with zero attached hydrogens (tertiary/aromatic N) is 5. The zero-order chi connectivity index (χ0) is 20.2. The van der Waals surface area contributed by atoms with Gasteiger partial charge in [-0.15, -0.1) is 10.2 Å². The molecule has 1 aliphatic heterocycles. The summed E-state index contributed by atoms with van der Waals surface area (Å²) in [5.74, 6) is 0.523. The van der Waals surface area contributed by atoms with Gasteiger partial charge in [0.05, 0.1) is 6.04 Å². The predicted octanol–water partition coefficient (Wildman–Crippen LogP) is 3.09. The number of hydrogen-bond acceptors (Lipinski definition) is 5. The second-order valence-corrected chi connectivity index (χ2v) is 7.78. The Morgan fingerprint density at radius 3 is 2.52 bits per heavy atom. The summed E-state index contributed by atoms with van der Waals surface area (Å²) in [6.07, 6.45) is 4.97. The number of aromatic nitrogens is 4. The third kappa shape index (κ3) is 4.29. The summed E-state index contributed by atoms with van der Waals surface area (Å²) in [6.45, 7) is 6.51. The summed E-state index contributed by atoms with van der Waals surface area (Å²) in [5.41, 5.74) is 2.99. The first-order chi connectivity index (χ1) is 14.1. The lowest BCUT2D eigenvalue weighted by Gasteiger charge is -2.31. The molecule has 0 radical (unpaired) electrons. The summed E-state index contributed by atoms with van der Waals surface area (Å²) in [4.78, 5) is 19.8. The van der Waals surface area contributed by atoms with Gasteiger partial charge in [-0.2, -0.15) is 0 Å². The highest BCUT2D eigenvalue weighted by molar-refractivity contribution is 5.91. The van der Waals surface area contributed by atoms with Crippen molar-refractivity contribution in [1.29, 1.82) is 0 Å². The van der Waals surface area contributed by atoms with Crippen LogP contribution < -0.4 is 5.32 Å². The maximum absolute atomic E-state index is 13.0. The van der Waals surface area contributed by atoms with E-state index in [0.717, 1.165) is 24.5 Å². The summed E-state index contributed by atoms with van der Waals surface area (Å²) in [6, 6.07) is 12.5. The first kappa shape index (κ1) is 19.5. The van der Waals surface area contributed by atoms with Gasteiger partial charge in [0.25, 0.3) is 11.7 Å². The third-order valence-corrected chi connectivity index (χ3v) is 5.62. The Morgan fingerprint density at radius 1 is 1.07 bits per heavy atom. The molecule has 1 atom stereocenters. The summed E-state index contributed by atoms with van der Waals surface area (Å²) >= 11 is 0. The Balaban J connectivity index is 1.55. The lowest BCUT2D eigenvalue weighted by molar-refractivity contribution is 0.0921. The lowest BCUT2D eigenvalue weighted by Crippen LogP contribution is -2.39. The number of rotatable bonds is 5. The minimum atomic E-state index is -0.220. The molecule has 7 heteroatoms. The maximum atomic E-state index is 13.0. The highest BCUT2D eigenvalue weighted by Crippen LogP contribution is 2.24. The first-order valence-electron chi connectivity index (χ1n) is 10.4. The van der Waals surface area contributed by atoms with E-state index in [9.17, 15) is 4.79 Å². The molecule has 1 aliphatic rings. The number of aryl methyl sites for hydroxylation is 2. The molecule has 0 bridgehead atoms. The number of amides is 1. The topological polar surface area (TPSA) is 75.4 Å². The van der Waals surface area contributed by atoms with Gasteiger partial charge in [-0.3, -0.25) is 14.1 Å². The van der Waals surface area contributed by atoms with Crippen molar-refractivity contribution >= 4 is 11.7 Å². The van der Waals surface area contributed by atoms with Crippen LogP contribution in [0.5, 0.6) is 0 Å². The second-order valence-electron chi connectivity index (χ2n) is 7.78. The van der Waals surface area contributed by atoms with E-state index >= 15 is 0 Å². The van der Waals surface area contributed by atoms with E-state index in [4.69, 9.17) is 0 Å². The van der Waals surface area contributed by atoms with Gasteiger partial charge in [-0.1, -0.05) is 43.2 Å². The second kappa shape index (κ2) is 8.69. The van der Waals surface area contributed by atoms with Crippen LogP contribution in [-0.2, 0) is 0 Å². The fourth-order valence-corrected chi connectivity index (χ4v) is 4.19. The molecule has 1 saturated heterocycles. The minimum absolute atomic E-state index is 0.152. The summed E-state index contributed by atoms with van der Waals surface area (Å²) in [5, 5.41) is 11.3. The highest BCUT2D eigenvalue weighted by Gasteiger charge is 2.24. The molecular formula is C22H28N6O. The molecule has 1 N–H and O–H groups in total. The molecule has 4 rings (SSSR count). The van der Waals surface area contributed by atoms with Crippen LogP contribution in [0.15, 0.2) is 36.4 Å². The Bertz CT molecular complexity index is 976. The van der Waals surface area contributed by atoms with E-state index in [-0.39, 0.29) is 17.8 Å². The van der Waals surface area contributed by atoms with Gasteiger partial charge in [0.1, 0.15) is 0 Å². The Morgan fingerprint density at radius 2 is 1.79 bits per heavy atom. The van der Waals surface area contributed by atoms with Crippen LogP contribution in [0, 0.1) is 13.8 Å². The number of hydrogen-bond donors (Lipinski definition) is 1. The van der Waals surface area contributed by atoms with Gasteiger partial charge in [0.2, 0.25) is 5.82 Å². The van der Waals surface area contributed by atoms with Crippen LogP contribution in [0.25, 0.3) is 5.78 Å². The standard InChI is InChI=1S/C22H28N6O/c1-16-14-17(2)28-20(25-26-22(28)24-16)21(29)23-15-19(18-10-6-5-7-11-18)27-12-8-3-4-9-13-27/h5-7,10-11,14,19H,3-4,8-9,12-13,15H2,1-2H3,(H,23,29). The molecule has 1 amide bonds. The number of carbonyl (C=O) groups excluding carboxylic acids is 1. The average Bonchev–Trinajstić information content (AvgIpc) is 2.96. The molecule has 7 nitrogen and oxygen atoms in total. The molecule has 2 aromatic heterocycles. The first-order valence-corrected chi connectivity index (χ1v) is 10.4. The van der Waals surface area contributed by atoms with Crippen molar-refractivity contribution in [3.8, 4) is 0 Å². The van der Waals surface area contributed by atoms with Crippen molar-refractivity contribution in [1.82, 2.24) is 29.8 Å². The Labute approximate surface area is 171 Å². The van der Waals surface area contributed by atoms with E-state index in [1.165, 1.54) is 31.2 Å². The molecule has 1 unspecified atom stereocenters. The Hall–Kier alpha value is -2.80. The zero-order valence-corrected chi connectivity index (χ0v) is 17.1. The highest BCUT2D eigenvalue weighted by atomic mass is 16.2. The average molecular weight is 393 g/mol. The number of likely N-dealkylation sites (tertiary alicyclic amines) is 1. The molecule has 3 aromatic rings. The monoisotopic (exact) mass is 392 g/mol. The van der Waals surface area contributed by atoms with E-state index in [0.29, 0.717) is 12.3 Å². The number of benzene rings is 1. The van der Waals surface area contributed by atoms with Gasteiger partial charge < -0.3 is 5.32 Å². The van der Waals surface area contributed by atoms with Gasteiger partial charge >= 0.3 is 0 Å². The maximum Gasteiger partial charge on any atom is 0.289 e. The van der Waals surface area contributed by atoms with Crippen molar-refractivity contribution in [3.63, 3.8) is 0 Å². The SMILES string of the molecule is Cc1cc(C)n2c(C(=O)NCC(c3ccccc3)N3CCCCCC3)nnc2n1. The molecule has 152 valence electrons. The largest absolute Gasteiger partial charge is 0.347 e. The van der Waals surface area contributed by atoms with Crippen LogP contribution in [-0.4, -0.2) is 50.0 Å². The lowest BCUT2D eigenvalue weighted by atomic mass is 10.0. The molecule has 0 aliphatic carbocycles. The summed E-state index contributed by atoms with van der Waals surface area (Å²) in [7, 11) is 0. The smallest absolute Gasteiger partial charge is 0.289 e. The van der Waals surface area contributed by atoms with Crippen molar-refractivity contribution in [3.05, 3.63) is 59.2 Å². The van der Waals surface area contributed by atoms with Crippen LogP contribution in [0.2, 0.25) is 0 Å². The third-order valence-electron chi connectivity index (χ3n) is 5.62. The number of carbonyl (C=O) groups is 1. The number of nitrogens with one attached hydrogen (secondary N) is 1. The van der Waals surface area contributed by atoms with Crippen LogP contribution in [0.3, 0.4) is 0 Å². The van der Waals surface area contributed by atoms with Gasteiger partial charge in [0, 0.05) is 17.9 Å². The van der Waals surface area contributed by atoms with Gasteiger partial charge in [0.15, 0.2) is 0 Å². The molecule has 0 saturated carbocycles. The fourth-order valence-electron chi connectivity index (χ4n) is 4.19. The van der Waals surface area contributed by atoms with E-state index in [2.05, 4.69) is 49.7 Å².